The third kappa shape index (κ3) is 4.73. The van der Waals surface area contributed by atoms with Gasteiger partial charge < -0.3 is 4.42 Å². The van der Waals surface area contributed by atoms with Gasteiger partial charge in [0.1, 0.15) is 5.76 Å². The summed E-state index contributed by atoms with van der Waals surface area (Å²) in [4.78, 5) is 17.1. The summed E-state index contributed by atoms with van der Waals surface area (Å²) in [7, 11) is 0. The van der Waals surface area contributed by atoms with Crippen molar-refractivity contribution in [1.29, 1.82) is 0 Å². The first-order valence-electron chi connectivity index (χ1n) is 8.59. The molecule has 0 spiro atoms. The van der Waals surface area contributed by atoms with Crippen LogP contribution in [0, 0.1) is 0 Å². The van der Waals surface area contributed by atoms with Crippen LogP contribution in [-0.4, -0.2) is 10.8 Å². The Morgan fingerprint density at radius 2 is 1.81 bits per heavy atom. The number of rotatable bonds is 6. The highest BCUT2D eigenvalue weighted by Gasteiger charge is 2.20. The van der Waals surface area contributed by atoms with Crippen molar-refractivity contribution in [2.45, 2.75) is 32.6 Å². The van der Waals surface area contributed by atoms with Gasteiger partial charge in [0, 0.05) is 34.4 Å². The number of carbonyl (C=O) groups is 1. The summed E-state index contributed by atoms with van der Waals surface area (Å²) in [5.41, 5.74) is 2.04. The summed E-state index contributed by atoms with van der Waals surface area (Å²) < 4.78 is 5.97. The third-order valence-electron chi connectivity index (χ3n) is 4.15. The van der Waals surface area contributed by atoms with E-state index in [4.69, 9.17) is 39.2 Å². The number of aryl methyl sites for hydroxylation is 1. The first-order chi connectivity index (χ1) is 12.8. The van der Waals surface area contributed by atoms with Crippen LogP contribution >= 0.6 is 34.8 Å². The van der Waals surface area contributed by atoms with Gasteiger partial charge in [-0.25, -0.2) is 4.98 Å². The van der Waals surface area contributed by atoms with Crippen molar-refractivity contribution in [2.75, 3.05) is 0 Å². The minimum absolute atomic E-state index is 0.0151. The van der Waals surface area contributed by atoms with Crippen molar-refractivity contribution in [2.24, 2.45) is 0 Å². The van der Waals surface area contributed by atoms with Crippen LogP contribution in [0.4, 0.5) is 0 Å². The lowest BCUT2D eigenvalue weighted by molar-refractivity contribution is 0.0982. The largest absolute Gasteiger partial charge is 0.441 e. The number of aromatic nitrogens is 1. The number of carbonyl (C=O) groups excluding carboxylic acids is 1. The molecule has 0 N–H and O–H groups in total. The van der Waals surface area contributed by atoms with Gasteiger partial charge in [0.15, 0.2) is 5.78 Å². The van der Waals surface area contributed by atoms with E-state index in [0.717, 1.165) is 11.5 Å². The summed E-state index contributed by atoms with van der Waals surface area (Å²) in [5, 5.41) is 1.57. The van der Waals surface area contributed by atoms with E-state index in [1.165, 1.54) is 0 Å². The van der Waals surface area contributed by atoms with Crippen LogP contribution in [0.5, 0.6) is 0 Å². The fourth-order valence-corrected chi connectivity index (χ4v) is 3.49. The molecule has 2 aromatic carbocycles. The van der Waals surface area contributed by atoms with Gasteiger partial charge in [-0.1, -0.05) is 60.8 Å². The Kier molecular flexibility index (Phi) is 6.25. The molecule has 6 heteroatoms. The van der Waals surface area contributed by atoms with Crippen molar-refractivity contribution in [3.05, 3.63) is 74.6 Å². The Morgan fingerprint density at radius 1 is 1.07 bits per heavy atom. The smallest absolute Gasteiger partial charge is 0.228 e. The Hall–Kier alpha value is -1.81. The fourth-order valence-electron chi connectivity index (χ4n) is 2.81. The van der Waals surface area contributed by atoms with Gasteiger partial charge in [-0.2, -0.15) is 0 Å². The van der Waals surface area contributed by atoms with Crippen LogP contribution in [0.15, 0.2) is 46.9 Å². The number of benzene rings is 2. The van der Waals surface area contributed by atoms with E-state index in [-0.39, 0.29) is 11.7 Å². The van der Waals surface area contributed by atoms with Gasteiger partial charge in [0.25, 0.3) is 0 Å². The van der Waals surface area contributed by atoms with Crippen molar-refractivity contribution < 1.29 is 9.21 Å². The number of hydrogen-bond acceptors (Lipinski definition) is 3. The minimum atomic E-state index is 0.0151. The number of nitrogens with zero attached hydrogens (tertiary/aromatic N) is 1. The van der Waals surface area contributed by atoms with E-state index in [1.807, 2.05) is 13.8 Å². The second-order valence-corrected chi connectivity index (χ2v) is 7.82. The molecule has 0 atom stereocenters. The quantitative estimate of drug-likeness (QED) is 0.393. The minimum Gasteiger partial charge on any atom is -0.441 e. The normalized spacial score (nSPS) is 11.2. The van der Waals surface area contributed by atoms with Gasteiger partial charge in [0.2, 0.25) is 5.89 Å². The van der Waals surface area contributed by atoms with Crippen LogP contribution in [0.2, 0.25) is 15.1 Å². The average Bonchev–Trinajstić information content (AvgIpc) is 3.04. The molecule has 1 aromatic heterocycles. The van der Waals surface area contributed by atoms with Crippen molar-refractivity contribution in [3.8, 4) is 11.5 Å². The molecule has 0 radical (unpaired) electrons. The van der Waals surface area contributed by atoms with Gasteiger partial charge in [-0.05, 0) is 30.3 Å². The maximum absolute atomic E-state index is 12.5. The topological polar surface area (TPSA) is 43.1 Å². The molecule has 0 saturated heterocycles. The standard InChI is InChI=1S/C21H18Cl3NO2/c1-12(2)20-18(8-9-19(26)13-4-3-5-14(22)10-13)25-21(27-20)16-7-6-15(23)11-17(16)24/h3-7,10-12H,8-9H2,1-2H3. The number of hydrogen-bond donors (Lipinski definition) is 0. The van der Waals surface area contributed by atoms with Crippen molar-refractivity contribution in [3.63, 3.8) is 0 Å². The van der Waals surface area contributed by atoms with Crippen LogP contribution < -0.4 is 0 Å². The molecule has 140 valence electrons. The highest BCUT2D eigenvalue weighted by Crippen LogP contribution is 2.33. The zero-order chi connectivity index (χ0) is 19.6. The SMILES string of the molecule is CC(C)c1oc(-c2ccc(Cl)cc2Cl)nc1CCC(=O)c1cccc(Cl)c1. The van der Waals surface area contributed by atoms with Gasteiger partial charge >= 0.3 is 0 Å². The maximum atomic E-state index is 12.5. The fraction of sp³-hybridized carbons (Fsp3) is 0.238. The summed E-state index contributed by atoms with van der Waals surface area (Å²) in [5.74, 6) is 1.34. The molecule has 0 aliphatic rings. The predicted molar refractivity (Wildman–Crippen MR) is 110 cm³/mol. The Bertz CT molecular complexity index is 979. The van der Waals surface area contributed by atoms with Crippen LogP contribution in [-0.2, 0) is 6.42 Å². The highest BCUT2D eigenvalue weighted by atomic mass is 35.5. The first-order valence-corrected chi connectivity index (χ1v) is 9.72. The molecule has 0 amide bonds. The summed E-state index contributed by atoms with van der Waals surface area (Å²) in [6.07, 6.45) is 0.800. The molecule has 0 unspecified atom stereocenters. The number of halogens is 3. The summed E-state index contributed by atoms with van der Waals surface area (Å²) in [6, 6.07) is 12.1. The van der Waals surface area contributed by atoms with Crippen LogP contribution in [0.3, 0.4) is 0 Å². The van der Waals surface area contributed by atoms with Gasteiger partial charge in [-0.15, -0.1) is 0 Å². The predicted octanol–water partition coefficient (Wildman–Crippen LogP) is 7.24. The Morgan fingerprint density at radius 3 is 2.48 bits per heavy atom. The molecule has 3 aromatic rings. The lowest BCUT2D eigenvalue weighted by Gasteiger charge is -2.04. The molecule has 0 fully saturated rings. The second kappa shape index (κ2) is 8.47. The summed E-state index contributed by atoms with van der Waals surface area (Å²) >= 11 is 18.2. The van der Waals surface area contributed by atoms with Crippen LogP contribution in [0.25, 0.3) is 11.5 Å². The lowest BCUT2D eigenvalue weighted by atomic mass is 10.0. The maximum Gasteiger partial charge on any atom is 0.228 e. The Labute approximate surface area is 173 Å². The van der Waals surface area contributed by atoms with E-state index in [2.05, 4.69) is 4.98 Å². The number of ketones is 1. The van der Waals surface area contributed by atoms with Crippen molar-refractivity contribution >= 4 is 40.6 Å². The van der Waals surface area contributed by atoms with Gasteiger partial charge in [-0.3, -0.25) is 4.79 Å². The zero-order valence-electron chi connectivity index (χ0n) is 14.9. The molecule has 0 saturated carbocycles. The van der Waals surface area contributed by atoms with E-state index in [0.29, 0.717) is 44.9 Å². The van der Waals surface area contributed by atoms with E-state index < -0.39 is 0 Å². The van der Waals surface area contributed by atoms with E-state index in [9.17, 15) is 4.79 Å². The number of Topliss-reactive ketones (excluding diaryl/α,β-unsaturated/α-hetero) is 1. The van der Waals surface area contributed by atoms with E-state index >= 15 is 0 Å². The molecule has 1 heterocycles. The monoisotopic (exact) mass is 421 g/mol. The third-order valence-corrected chi connectivity index (χ3v) is 4.93. The van der Waals surface area contributed by atoms with Gasteiger partial charge in [0.05, 0.1) is 16.3 Å². The molecule has 0 bridgehead atoms. The number of oxazole rings is 1. The van der Waals surface area contributed by atoms with Crippen LogP contribution in [0.1, 0.15) is 48.0 Å². The molecule has 0 aliphatic carbocycles. The highest BCUT2D eigenvalue weighted by molar-refractivity contribution is 6.36. The first kappa shape index (κ1) is 19.9. The molecule has 27 heavy (non-hydrogen) atoms. The molecular formula is C21H18Cl3NO2. The van der Waals surface area contributed by atoms with Crippen molar-refractivity contribution in [1.82, 2.24) is 4.98 Å². The molecule has 3 nitrogen and oxygen atoms in total. The molecular weight excluding hydrogens is 405 g/mol. The average molecular weight is 423 g/mol. The lowest BCUT2D eigenvalue weighted by Crippen LogP contribution is -2.03. The van der Waals surface area contributed by atoms with E-state index in [1.54, 1.807) is 42.5 Å². The zero-order valence-corrected chi connectivity index (χ0v) is 17.2. The second-order valence-electron chi connectivity index (χ2n) is 6.54. The molecule has 0 aliphatic heterocycles. The Balaban J connectivity index is 1.84. The molecule has 3 rings (SSSR count). The summed E-state index contributed by atoms with van der Waals surface area (Å²) in [6.45, 7) is 4.05.